The lowest BCUT2D eigenvalue weighted by Gasteiger charge is -2.35. The highest BCUT2D eigenvalue weighted by atomic mass is 14.4. The lowest BCUT2D eigenvalue weighted by atomic mass is 9.68. The van der Waals surface area contributed by atoms with Crippen molar-refractivity contribution < 1.29 is 0 Å². The molecule has 1 aliphatic rings. The van der Waals surface area contributed by atoms with Crippen LogP contribution in [-0.4, -0.2) is 0 Å². The first-order valence-corrected chi connectivity index (χ1v) is 10.3. The van der Waals surface area contributed by atoms with E-state index in [1.807, 2.05) is 0 Å². The predicted octanol–water partition coefficient (Wildman–Crippen LogP) is 7.27. The lowest BCUT2D eigenvalue weighted by Crippen LogP contribution is -2.25. The molecule has 0 spiro atoms. The summed E-state index contributed by atoms with van der Waals surface area (Å²) in [5.41, 5.74) is 5.41. The maximum absolute atomic E-state index is 9.60. The van der Waals surface area contributed by atoms with Crippen LogP contribution in [0.25, 0.3) is 11.1 Å². The number of rotatable bonds is 6. The molecule has 1 aliphatic carbocycles. The van der Waals surface area contributed by atoms with Gasteiger partial charge in [-0.2, -0.15) is 5.26 Å². The zero-order chi connectivity index (χ0) is 18.4. The molecule has 136 valence electrons. The summed E-state index contributed by atoms with van der Waals surface area (Å²) in [4.78, 5) is 0. The number of aryl methyl sites for hydroxylation is 1. The zero-order valence-electron chi connectivity index (χ0n) is 16.3. The Morgan fingerprint density at radius 3 is 1.96 bits per heavy atom. The Labute approximate surface area is 159 Å². The van der Waals surface area contributed by atoms with Gasteiger partial charge in [-0.1, -0.05) is 75.2 Å². The predicted molar refractivity (Wildman–Crippen MR) is 110 cm³/mol. The van der Waals surface area contributed by atoms with Crippen molar-refractivity contribution in [3.63, 3.8) is 0 Å². The van der Waals surface area contributed by atoms with E-state index in [4.69, 9.17) is 0 Å². The number of nitrogens with zero attached hydrogens (tertiary/aromatic N) is 1. The van der Waals surface area contributed by atoms with E-state index in [-0.39, 0.29) is 5.41 Å². The molecule has 2 aromatic carbocycles. The lowest BCUT2D eigenvalue weighted by molar-refractivity contribution is 0.228. The minimum atomic E-state index is -0.0502. The van der Waals surface area contributed by atoms with Crippen molar-refractivity contribution in [2.24, 2.45) is 5.41 Å². The van der Waals surface area contributed by atoms with Gasteiger partial charge in [0.1, 0.15) is 0 Å². The van der Waals surface area contributed by atoms with Gasteiger partial charge < -0.3 is 0 Å². The van der Waals surface area contributed by atoms with E-state index in [1.54, 1.807) is 0 Å². The van der Waals surface area contributed by atoms with E-state index >= 15 is 0 Å². The third-order valence-electron chi connectivity index (χ3n) is 6.12. The molecule has 0 radical (unpaired) electrons. The number of hydrogen-bond donors (Lipinski definition) is 0. The summed E-state index contributed by atoms with van der Waals surface area (Å²) in [6.07, 6.45) is 8.94. The molecule has 1 fully saturated rings. The number of nitriles is 1. The summed E-state index contributed by atoms with van der Waals surface area (Å²) in [5, 5.41) is 9.60. The van der Waals surface area contributed by atoms with Crippen molar-refractivity contribution >= 4 is 0 Å². The second-order valence-corrected chi connectivity index (χ2v) is 7.99. The summed E-state index contributed by atoms with van der Waals surface area (Å²) < 4.78 is 0. The molecule has 0 bridgehead atoms. The van der Waals surface area contributed by atoms with Crippen LogP contribution in [0, 0.1) is 16.7 Å². The fourth-order valence-corrected chi connectivity index (χ4v) is 4.50. The molecule has 1 heteroatoms. The molecule has 1 saturated carbocycles. The van der Waals surface area contributed by atoms with Crippen LogP contribution in [0.1, 0.15) is 75.8 Å². The topological polar surface area (TPSA) is 23.8 Å². The molecule has 0 amide bonds. The van der Waals surface area contributed by atoms with Gasteiger partial charge in [0, 0.05) is 0 Å². The molecule has 2 aromatic rings. The largest absolute Gasteiger partial charge is 0.198 e. The van der Waals surface area contributed by atoms with Crippen LogP contribution in [0.5, 0.6) is 0 Å². The second kappa shape index (κ2) is 8.54. The molecular formula is C25H31N. The Kier molecular flexibility index (Phi) is 6.15. The van der Waals surface area contributed by atoms with Gasteiger partial charge in [0.25, 0.3) is 0 Å². The Balaban J connectivity index is 1.66. The van der Waals surface area contributed by atoms with Gasteiger partial charge in [0.15, 0.2) is 0 Å². The average molecular weight is 346 g/mol. The van der Waals surface area contributed by atoms with Gasteiger partial charge in [-0.15, -0.1) is 0 Å². The summed E-state index contributed by atoms with van der Waals surface area (Å²) in [6, 6.07) is 20.8. The molecule has 0 unspecified atom stereocenters. The van der Waals surface area contributed by atoms with Crippen LogP contribution in [0.4, 0.5) is 0 Å². The van der Waals surface area contributed by atoms with Crippen LogP contribution in [-0.2, 0) is 6.42 Å². The molecule has 0 saturated heterocycles. The average Bonchev–Trinajstić information content (AvgIpc) is 2.70. The summed E-state index contributed by atoms with van der Waals surface area (Å²) in [7, 11) is 0. The van der Waals surface area contributed by atoms with Gasteiger partial charge in [-0.05, 0) is 66.7 Å². The summed E-state index contributed by atoms with van der Waals surface area (Å²) >= 11 is 0. The number of hydrogen-bond acceptors (Lipinski definition) is 1. The summed E-state index contributed by atoms with van der Waals surface area (Å²) in [6.45, 7) is 4.42. The fraction of sp³-hybridized carbons (Fsp3) is 0.480. The zero-order valence-corrected chi connectivity index (χ0v) is 16.3. The Bertz CT molecular complexity index is 725. The molecular weight excluding hydrogens is 314 g/mol. The highest BCUT2D eigenvalue weighted by Gasteiger charge is 2.34. The SMILES string of the molecule is CCCc1ccc(-c2ccc(C3CCC(C#N)(CCC)CC3)cc2)cc1. The Morgan fingerprint density at radius 1 is 0.885 bits per heavy atom. The smallest absolute Gasteiger partial charge is 0.0689 e. The second-order valence-electron chi connectivity index (χ2n) is 7.99. The first-order chi connectivity index (χ1) is 12.7. The molecule has 0 aromatic heterocycles. The van der Waals surface area contributed by atoms with Crippen LogP contribution in [0.3, 0.4) is 0 Å². The van der Waals surface area contributed by atoms with Gasteiger partial charge >= 0.3 is 0 Å². The molecule has 0 aliphatic heterocycles. The molecule has 0 atom stereocenters. The first kappa shape index (κ1) is 18.7. The molecule has 1 nitrogen and oxygen atoms in total. The normalized spacial score (nSPS) is 22.7. The van der Waals surface area contributed by atoms with Crippen molar-refractivity contribution in [2.45, 2.75) is 71.1 Å². The third-order valence-corrected chi connectivity index (χ3v) is 6.12. The van der Waals surface area contributed by atoms with Crippen LogP contribution >= 0.6 is 0 Å². The number of benzene rings is 2. The van der Waals surface area contributed by atoms with Crippen LogP contribution in [0.2, 0.25) is 0 Å². The fourth-order valence-electron chi connectivity index (χ4n) is 4.50. The van der Waals surface area contributed by atoms with E-state index in [2.05, 4.69) is 68.4 Å². The third kappa shape index (κ3) is 4.18. The van der Waals surface area contributed by atoms with Crippen molar-refractivity contribution in [2.75, 3.05) is 0 Å². The Hall–Kier alpha value is -2.07. The van der Waals surface area contributed by atoms with E-state index in [9.17, 15) is 5.26 Å². The van der Waals surface area contributed by atoms with Gasteiger partial charge in [0.05, 0.1) is 11.5 Å². The van der Waals surface area contributed by atoms with E-state index in [0.717, 1.165) is 44.9 Å². The minimum Gasteiger partial charge on any atom is -0.198 e. The van der Waals surface area contributed by atoms with Crippen molar-refractivity contribution in [3.05, 3.63) is 59.7 Å². The van der Waals surface area contributed by atoms with Crippen molar-refractivity contribution in [1.29, 1.82) is 5.26 Å². The van der Waals surface area contributed by atoms with Crippen LogP contribution in [0.15, 0.2) is 48.5 Å². The highest BCUT2D eigenvalue weighted by molar-refractivity contribution is 5.64. The highest BCUT2D eigenvalue weighted by Crippen LogP contribution is 2.45. The first-order valence-electron chi connectivity index (χ1n) is 10.3. The maximum atomic E-state index is 9.60. The molecule has 26 heavy (non-hydrogen) atoms. The van der Waals surface area contributed by atoms with Gasteiger partial charge in [-0.25, -0.2) is 0 Å². The van der Waals surface area contributed by atoms with Crippen LogP contribution < -0.4 is 0 Å². The van der Waals surface area contributed by atoms with Gasteiger partial charge in [-0.3, -0.25) is 0 Å². The molecule has 3 rings (SSSR count). The van der Waals surface area contributed by atoms with Gasteiger partial charge in [0.2, 0.25) is 0 Å². The van der Waals surface area contributed by atoms with E-state index in [1.165, 1.54) is 28.7 Å². The van der Waals surface area contributed by atoms with E-state index in [0.29, 0.717) is 5.92 Å². The maximum Gasteiger partial charge on any atom is 0.0689 e. The van der Waals surface area contributed by atoms with Crippen molar-refractivity contribution in [3.8, 4) is 17.2 Å². The quantitative estimate of drug-likeness (QED) is 0.540. The van der Waals surface area contributed by atoms with Crippen molar-refractivity contribution in [1.82, 2.24) is 0 Å². The standard InChI is InChI=1S/C25H31N/c1-3-5-20-6-8-21(9-7-20)22-10-12-23(13-11-22)24-14-17-25(19-26,16-4-2)18-15-24/h6-13,24H,3-5,14-18H2,1-2H3. The summed E-state index contributed by atoms with van der Waals surface area (Å²) in [5.74, 6) is 0.620. The molecule has 0 N–H and O–H groups in total. The Morgan fingerprint density at radius 2 is 1.46 bits per heavy atom. The monoisotopic (exact) mass is 345 g/mol. The minimum absolute atomic E-state index is 0.0502. The van der Waals surface area contributed by atoms with E-state index < -0.39 is 0 Å². The molecule has 0 heterocycles.